The topological polar surface area (TPSA) is 51.2 Å². The number of hydrogen-bond acceptors (Lipinski definition) is 4. The fraction of sp³-hybridized carbons (Fsp3) is 0.214. The van der Waals surface area contributed by atoms with Crippen molar-refractivity contribution in [1.82, 2.24) is 0 Å². The lowest BCUT2D eigenvalue weighted by Gasteiger charge is -2.03. The molecule has 1 heterocycles. The summed E-state index contributed by atoms with van der Waals surface area (Å²) in [7, 11) is -3.56. The third-order valence-corrected chi connectivity index (χ3v) is 5.39. The Morgan fingerprint density at radius 1 is 1.05 bits per heavy atom. The maximum Gasteiger partial charge on any atom is 0.188 e. The molecule has 0 radical (unpaired) electrons. The van der Waals surface area contributed by atoms with Crippen molar-refractivity contribution in [1.29, 1.82) is 0 Å². The van der Waals surface area contributed by atoms with Gasteiger partial charge < -0.3 is 0 Å². The number of thiophene rings is 1. The molecular weight excluding hydrogens is 280 g/mol. The van der Waals surface area contributed by atoms with Gasteiger partial charge in [-0.2, -0.15) is 0 Å². The third-order valence-electron chi connectivity index (χ3n) is 2.72. The maximum absolute atomic E-state index is 12.1. The summed E-state index contributed by atoms with van der Waals surface area (Å²) in [4.78, 5) is 13.6. The van der Waals surface area contributed by atoms with E-state index in [1.165, 1.54) is 23.5 Å². The Bertz CT molecular complexity index is 695. The molecule has 19 heavy (non-hydrogen) atoms. The molecule has 0 saturated heterocycles. The summed E-state index contributed by atoms with van der Waals surface area (Å²) in [5.74, 6) is -0.825. The van der Waals surface area contributed by atoms with Crippen LogP contribution < -0.4 is 0 Å². The Morgan fingerprint density at radius 3 is 2.21 bits per heavy atom. The average molecular weight is 294 g/mol. The lowest BCUT2D eigenvalue weighted by molar-refractivity contribution is 0.102. The van der Waals surface area contributed by atoms with Crippen LogP contribution in [0.4, 0.5) is 0 Å². The van der Waals surface area contributed by atoms with E-state index in [0.717, 1.165) is 10.4 Å². The fourth-order valence-electron chi connectivity index (χ4n) is 1.66. The molecule has 0 unspecified atom stereocenters. The fourth-order valence-corrected chi connectivity index (χ4v) is 3.77. The largest absolute Gasteiger partial charge is 0.292 e. The van der Waals surface area contributed by atoms with Crippen LogP contribution in [0.25, 0.3) is 0 Å². The van der Waals surface area contributed by atoms with E-state index in [4.69, 9.17) is 0 Å². The molecule has 0 N–H and O–H groups in total. The standard InChI is InChI=1S/C14H14O3S2/c1-10-3-6-12(7-4-10)19(16,17)9-13(15)14-8-5-11(2)18-14/h3-8H,9H2,1-2H3. The first-order valence-corrected chi connectivity index (χ1v) is 8.24. The Labute approximate surface area is 116 Å². The molecule has 0 bridgehead atoms. The lowest BCUT2D eigenvalue weighted by Crippen LogP contribution is -2.15. The van der Waals surface area contributed by atoms with Crippen LogP contribution in [0.5, 0.6) is 0 Å². The number of ketones is 1. The number of carbonyl (C=O) groups is 1. The molecule has 2 rings (SSSR count). The zero-order valence-corrected chi connectivity index (χ0v) is 12.3. The van der Waals surface area contributed by atoms with Gasteiger partial charge in [0.15, 0.2) is 15.6 Å². The second-order valence-electron chi connectivity index (χ2n) is 4.41. The highest BCUT2D eigenvalue weighted by molar-refractivity contribution is 7.92. The van der Waals surface area contributed by atoms with Crippen molar-refractivity contribution in [3.05, 3.63) is 51.7 Å². The van der Waals surface area contributed by atoms with Gasteiger partial charge in [-0.3, -0.25) is 4.79 Å². The van der Waals surface area contributed by atoms with Gasteiger partial charge in [0.25, 0.3) is 0 Å². The molecular formula is C14H14O3S2. The molecule has 3 nitrogen and oxygen atoms in total. The van der Waals surface area contributed by atoms with Crippen molar-refractivity contribution < 1.29 is 13.2 Å². The molecule has 0 aliphatic rings. The zero-order chi connectivity index (χ0) is 14.0. The maximum atomic E-state index is 12.1. The highest BCUT2D eigenvalue weighted by Crippen LogP contribution is 2.19. The van der Waals surface area contributed by atoms with E-state index in [9.17, 15) is 13.2 Å². The van der Waals surface area contributed by atoms with Gasteiger partial charge in [0, 0.05) is 4.88 Å². The first-order chi connectivity index (χ1) is 8.88. The SMILES string of the molecule is Cc1ccc(S(=O)(=O)CC(=O)c2ccc(C)s2)cc1. The Hall–Kier alpha value is -1.46. The van der Waals surface area contributed by atoms with Crippen molar-refractivity contribution in [2.75, 3.05) is 5.75 Å². The van der Waals surface area contributed by atoms with Gasteiger partial charge in [-0.15, -0.1) is 11.3 Å². The molecule has 0 aliphatic carbocycles. The number of Topliss-reactive ketones (excluding diaryl/α,β-unsaturated/α-hetero) is 1. The van der Waals surface area contributed by atoms with E-state index in [2.05, 4.69) is 0 Å². The molecule has 0 amide bonds. The van der Waals surface area contributed by atoms with E-state index in [-0.39, 0.29) is 10.7 Å². The summed E-state index contributed by atoms with van der Waals surface area (Å²) in [5.41, 5.74) is 0.985. The summed E-state index contributed by atoms with van der Waals surface area (Å²) >= 11 is 1.32. The molecule has 0 spiro atoms. The molecule has 0 atom stereocenters. The first-order valence-electron chi connectivity index (χ1n) is 5.77. The second-order valence-corrected chi connectivity index (χ2v) is 7.68. The van der Waals surface area contributed by atoms with Crippen LogP contribution in [0.15, 0.2) is 41.3 Å². The Morgan fingerprint density at radius 2 is 1.68 bits per heavy atom. The Kier molecular flexibility index (Phi) is 3.87. The van der Waals surface area contributed by atoms with Crippen molar-refractivity contribution in [2.24, 2.45) is 0 Å². The van der Waals surface area contributed by atoms with Crippen LogP contribution in [0, 0.1) is 13.8 Å². The number of rotatable bonds is 4. The normalized spacial score (nSPS) is 11.5. The molecule has 100 valence electrons. The summed E-state index contributed by atoms with van der Waals surface area (Å²) in [6, 6.07) is 10.0. The van der Waals surface area contributed by atoms with Crippen molar-refractivity contribution in [3.63, 3.8) is 0 Å². The summed E-state index contributed by atoms with van der Waals surface area (Å²) in [6.07, 6.45) is 0. The van der Waals surface area contributed by atoms with Gasteiger partial charge in [-0.25, -0.2) is 8.42 Å². The van der Waals surface area contributed by atoms with E-state index in [1.807, 2.05) is 19.9 Å². The van der Waals surface area contributed by atoms with Gasteiger partial charge >= 0.3 is 0 Å². The monoisotopic (exact) mass is 294 g/mol. The van der Waals surface area contributed by atoms with Crippen LogP contribution in [0.3, 0.4) is 0 Å². The highest BCUT2D eigenvalue weighted by Gasteiger charge is 2.21. The molecule has 0 fully saturated rings. The van der Waals surface area contributed by atoms with Gasteiger partial charge in [-0.05, 0) is 38.1 Å². The average Bonchev–Trinajstić information content (AvgIpc) is 2.76. The highest BCUT2D eigenvalue weighted by atomic mass is 32.2. The van der Waals surface area contributed by atoms with Crippen LogP contribution in [0.1, 0.15) is 20.1 Å². The predicted molar refractivity (Wildman–Crippen MR) is 76.6 cm³/mol. The minimum Gasteiger partial charge on any atom is -0.292 e. The first kappa shape index (κ1) is 14.0. The van der Waals surface area contributed by atoms with Crippen LogP contribution in [0.2, 0.25) is 0 Å². The summed E-state index contributed by atoms with van der Waals surface area (Å²) < 4.78 is 24.2. The van der Waals surface area contributed by atoms with Crippen LogP contribution in [-0.2, 0) is 9.84 Å². The van der Waals surface area contributed by atoms with Gasteiger partial charge in [0.2, 0.25) is 0 Å². The lowest BCUT2D eigenvalue weighted by atomic mass is 10.2. The number of aryl methyl sites for hydroxylation is 2. The minimum atomic E-state index is -3.56. The molecule has 0 saturated carbocycles. The van der Waals surface area contributed by atoms with E-state index < -0.39 is 15.6 Å². The van der Waals surface area contributed by atoms with E-state index >= 15 is 0 Å². The van der Waals surface area contributed by atoms with Crippen molar-refractivity contribution >= 4 is 27.0 Å². The molecule has 0 aliphatic heterocycles. The third kappa shape index (κ3) is 3.30. The quantitative estimate of drug-likeness (QED) is 0.814. The summed E-state index contributed by atoms with van der Waals surface area (Å²) in [6.45, 7) is 3.77. The van der Waals surface area contributed by atoms with Crippen molar-refractivity contribution in [3.8, 4) is 0 Å². The van der Waals surface area contributed by atoms with E-state index in [1.54, 1.807) is 18.2 Å². The van der Waals surface area contributed by atoms with Gasteiger partial charge in [0.1, 0.15) is 5.75 Å². The number of carbonyl (C=O) groups excluding carboxylic acids is 1. The predicted octanol–water partition coefficient (Wildman–Crippen LogP) is 3.02. The number of hydrogen-bond donors (Lipinski definition) is 0. The van der Waals surface area contributed by atoms with Crippen LogP contribution >= 0.6 is 11.3 Å². The van der Waals surface area contributed by atoms with Crippen LogP contribution in [-0.4, -0.2) is 20.0 Å². The minimum absolute atomic E-state index is 0.194. The van der Waals surface area contributed by atoms with E-state index in [0.29, 0.717) is 4.88 Å². The van der Waals surface area contributed by atoms with Gasteiger partial charge in [0.05, 0.1) is 9.77 Å². The Balaban J connectivity index is 2.22. The molecule has 1 aromatic heterocycles. The molecule has 5 heteroatoms. The van der Waals surface area contributed by atoms with Crippen molar-refractivity contribution in [2.45, 2.75) is 18.7 Å². The number of sulfone groups is 1. The smallest absolute Gasteiger partial charge is 0.188 e. The molecule has 1 aromatic carbocycles. The summed E-state index contributed by atoms with van der Waals surface area (Å²) in [5, 5.41) is 0. The second kappa shape index (κ2) is 5.27. The number of benzene rings is 1. The zero-order valence-electron chi connectivity index (χ0n) is 10.7. The molecule has 2 aromatic rings. The van der Waals surface area contributed by atoms with Gasteiger partial charge in [-0.1, -0.05) is 17.7 Å².